The monoisotopic (exact) mass is 393 g/mol. The molecule has 0 amide bonds. The molecule has 1 aromatic carbocycles. The third-order valence-corrected chi connectivity index (χ3v) is 3.89. The van der Waals surface area contributed by atoms with Gasteiger partial charge in [-0.1, -0.05) is 34.8 Å². The quantitative estimate of drug-likeness (QED) is 0.385. The van der Waals surface area contributed by atoms with E-state index >= 15 is 0 Å². The van der Waals surface area contributed by atoms with E-state index in [9.17, 15) is 26.3 Å². The fourth-order valence-corrected chi connectivity index (χ4v) is 2.53. The lowest BCUT2D eigenvalue weighted by molar-refractivity contribution is -0.164. The van der Waals surface area contributed by atoms with Crippen molar-refractivity contribution in [1.29, 1.82) is 0 Å². The van der Waals surface area contributed by atoms with E-state index in [1.54, 1.807) is 0 Å². The standard InChI is InChI=1S/C13H4Cl3F6N/c14-6-2-3-7(15)10(16)9(6)8-4-1-5(12(17,18)19)11(23-8)13(20,21)22/h1-4H. The molecule has 0 bridgehead atoms. The van der Waals surface area contributed by atoms with Crippen molar-refractivity contribution in [2.24, 2.45) is 0 Å². The Morgan fingerprint density at radius 1 is 0.739 bits per heavy atom. The molecule has 2 rings (SSSR count). The summed E-state index contributed by atoms with van der Waals surface area (Å²) in [6, 6.07) is 3.57. The van der Waals surface area contributed by atoms with Crippen LogP contribution in [0.15, 0.2) is 24.3 Å². The van der Waals surface area contributed by atoms with Gasteiger partial charge in [0.25, 0.3) is 0 Å². The summed E-state index contributed by atoms with van der Waals surface area (Å²) >= 11 is 17.5. The molecule has 0 fully saturated rings. The lowest BCUT2D eigenvalue weighted by Crippen LogP contribution is -2.18. The van der Waals surface area contributed by atoms with Crippen LogP contribution >= 0.6 is 34.8 Å². The van der Waals surface area contributed by atoms with Gasteiger partial charge < -0.3 is 0 Å². The summed E-state index contributed by atoms with van der Waals surface area (Å²) in [5.41, 5.74) is -4.62. The number of alkyl halides is 6. The average molecular weight is 395 g/mol. The largest absolute Gasteiger partial charge is 0.433 e. The van der Waals surface area contributed by atoms with E-state index < -0.39 is 29.3 Å². The van der Waals surface area contributed by atoms with E-state index in [4.69, 9.17) is 34.8 Å². The van der Waals surface area contributed by atoms with Crippen molar-refractivity contribution in [2.45, 2.75) is 12.4 Å². The van der Waals surface area contributed by atoms with Crippen molar-refractivity contribution in [3.8, 4) is 11.3 Å². The van der Waals surface area contributed by atoms with Gasteiger partial charge in [-0.3, -0.25) is 0 Å². The number of pyridine rings is 1. The summed E-state index contributed by atoms with van der Waals surface area (Å²) in [7, 11) is 0. The Morgan fingerprint density at radius 2 is 1.30 bits per heavy atom. The fourth-order valence-electron chi connectivity index (χ4n) is 1.81. The highest BCUT2D eigenvalue weighted by atomic mass is 35.5. The molecule has 0 N–H and O–H groups in total. The van der Waals surface area contributed by atoms with Crippen molar-refractivity contribution in [2.75, 3.05) is 0 Å². The first-order chi connectivity index (χ1) is 10.4. The number of aromatic nitrogens is 1. The van der Waals surface area contributed by atoms with Crippen molar-refractivity contribution >= 4 is 34.8 Å². The summed E-state index contributed by atoms with van der Waals surface area (Å²) in [5.74, 6) is 0. The SMILES string of the molecule is FC(F)(F)c1ccc(-c2c(Cl)ccc(Cl)c2Cl)nc1C(F)(F)F. The molecule has 10 heteroatoms. The molecule has 0 aliphatic carbocycles. The van der Waals surface area contributed by atoms with E-state index in [-0.39, 0.29) is 26.7 Å². The maximum absolute atomic E-state index is 12.9. The highest BCUT2D eigenvalue weighted by Crippen LogP contribution is 2.43. The highest BCUT2D eigenvalue weighted by Gasteiger charge is 2.44. The van der Waals surface area contributed by atoms with Gasteiger partial charge >= 0.3 is 12.4 Å². The van der Waals surface area contributed by atoms with E-state index in [1.807, 2.05) is 0 Å². The van der Waals surface area contributed by atoms with E-state index in [0.717, 1.165) is 6.07 Å². The Balaban J connectivity index is 2.76. The molecule has 0 aliphatic rings. The summed E-state index contributed by atoms with van der Waals surface area (Å²) in [4.78, 5) is 3.07. The number of rotatable bonds is 1. The normalized spacial score (nSPS) is 12.6. The fraction of sp³-hybridized carbons (Fsp3) is 0.154. The van der Waals surface area contributed by atoms with Crippen LogP contribution in [0.1, 0.15) is 11.3 Å². The van der Waals surface area contributed by atoms with Gasteiger partial charge in [-0.05, 0) is 24.3 Å². The van der Waals surface area contributed by atoms with Crippen molar-refractivity contribution in [3.05, 3.63) is 50.6 Å². The third kappa shape index (κ3) is 3.67. The van der Waals surface area contributed by atoms with Gasteiger partial charge in [0, 0.05) is 5.56 Å². The topological polar surface area (TPSA) is 12.9 Å². The molecule has 2 aromatic rings. The minimum Gasteiger partial charge on any atom is -0.243 e. The second-order valence-corrected chi connectivity index (χ2v) is 5.50. The van der Waals surface area contributed by atoms with Gasteiger partial charge in [-0.15, -0.1) is 0 Å². The Kier molecular flexibility index (Phi) is 4.76. The molecule has 0 spiro atoms. The molecule has 0 radical (unpaired) electrons. The number of nitrogens with zero attached hydrogens (tertiary/aromatic N) is 1. The van der Waals surface area contributed by atoms with Gasteiger partial charge in [-0.2, -0.15) is 26.3 Å². The van der Waals surface area contributed by atoms with E-state index in [0.29, 0.717) is 0 Å². The number of benzene rings is 1. The van der Waals surface area contributed by atoms with Gasteiger partial charge in [0.15, 0.2) is 5.69 Å². The zero-order chi connectivity index (χ0) is 17.6. The first-order valence-electron chi connectivity index (χ1n) is 5.72. The molecule has 0 atom stereocenters. The maximum Gasteiger partial charge on any atom is 0.433 e. The molecule has 0 saturated heterocycles. The molecular formula is C13H4Cl3F6N. The van der Waals surface area contributed by atoms with Crippen molar-refractivity contribution in [3.63, 3.8) is 0 Å². The number of hydrogen-bond donors (Lipinski definition) is 0. The summed E-state index contributed by atoms with van der Waals surface area (Å²) in [5, 5.41) is -0.333. The van der Waals surface area contributed by atoms with Crippen LogP contribution in [-0.4, -0.2) is 4.98 Å². The first kappa shape index (κ1) is 18.2. The number of halogens is 9. The zero-order valence-electron chi connectivity index (χ0n) is 10.7. The van der Waals surface area contributed by atoms with Crippen LogP contribution in [0.3, 0.4) is 0 Å². The smallest absolute Gasteiger partial charge is 0.243 e. The van der Waals surface area contributed by atoms with E-state index in [2.05, 4.69) is 4.98 Å². The van der Waals surface area contributed by atoms with Crippen LogP contribution in [-0.2, 0) is 12.4 Å². The van der Waals surface area contributed by atoms with Crippen LogP contribution in [0, 0.1) is 0 Å². The molecule has 23 heavy (non-hydrogen) atoms. The highest BCUT2D eigenvalue weighted by molar-refractivity contribution is 6.46. The molecule has 124 valence electrons. The molecule has 0 unspecified atom stereocenters. The Morgan fingerprint density at radius 3 is 1.83 bits per heavy atom. The van der Waals surface area contributed by atoms with Crippen molar-refractivity contribution < 1.29 is 26.3 Å². The second kappa shape index (κ2) is 6.03. The third-order valence-electron chi connectivity index (χ3n) is 2.77. The van der Waals surface area contributed by atoms with Crippen LogP contribution in [0.4, 0.5) is 26.3 Å². The minimum absolute atomic E-state index is 0.0266. The predicted molar refractivity (Wildman–Crippen MR) is 74.7 cm³/mol. The summed E-state index contributed by atoms with van der Waals surface area (Å²) in [6.07, 6.45) is -10.5. The van der Waals surface area contributed by atoms with Gasteiger partial charge in [0.2, 0.25) is 0 Å². The lowest BCUT2D eigenvalue weighted by Gasteiger charge is -2.16. The molecule has 1 aromatic heterocycles. The average Bonchev–Trinajstić information content (AvgIpc) is 2.41. The Hall–Kier alpha value is -1.18. The number of hydrogen-bond acceptors (Lipinski definition) is 1. The molecule has 1 heterocycles. The summed E-state index contributed by atoms with van der Waals surface area (Å²) in [6.45, 7) is 0. The van der Waals surface area contributed by atoms with Crippen LogP contribution in [0.25, 0.3) is 11.3 Å². The molecule has 1 nitrogen and oxygen atoms in total. The molecule has 0 saturated carbocycles. The Bertz CT molecular complexity index is 755. The zero-order valence-corrected chi connectivity index (χ0v) is 12.9. The Labute approximate surface area is 140 Å². The van der Waals surface area contributed by atoms with Crippen LogP contribution in [0.2, 0.25) is 15.1 Å². The first-order valence-corrected chi connectivity index (χ1v) is 6.85. The van der Waals surface area contributed by atoms with Gasteiger partial charge in [-0.25, -0.2) is 4.98 Å². The van der Waals surface area contributed by atoms with Gasteiger partial charge in [0.1, 0.15) is 0 Å². The minimum atomic E-state index is -5.31. The predicted octanol–water partition coefficient (Wildman–Crippen LogP) is 6.75. The maximum atomic E-state index is 12.9. The van der Waals surface area contributed by atoms with Gasteiger partial charge in [0.05, 0.1) is 26.3 Å². The molecule has 0 aliphatic heterocycles. The van der Waals surface area contributed by atoms with E-state index in [1.165, 1.54) is 12.1 Å². The lowest BCUT2D eigenvalue weighted by atomic mass is 10.1. The summed E-state index contributed by atoms with van der Waals surface area (Å²) < 4.78 is 76.9. The molecular weight excluding hydrogens is 390 g/mol. The van der Waals surface area contributed by atoms with Crippen LogP contribution in [0.5, 0.6) is 0 Å². The van der Waals surface area contributed by atoms with Crippen molar-refractivity contribution in [1.82, 2.24) is 4.98 Å². The second-order valence-electron chi connectivity index (χ2n) is 4.31. The van der Waals surface area contributed by atoms with Crippen LogP contribution < -0.4 is 0 Å².